The Morgan fingerprint density at radius 2 is 1.73 bits per heavy atom. The fourth-order valence-corrected chi connectivity index (χ4v) is 4.28. The van der Waals surface area contributed by atoms with E-state index in [1.165, 1.54) is 0 Å². The average molecular weight is 349 g/mol. The zero-order valence-electron chi connectivity index (χ0n) is 14.8. The summed E-state index contributed by atoms with van der Waals surface area (Å²) in [6.45, 7) is 12.4. The van der Waals surface area contributed by atoms with Gasteiger partial charge in [-0.15, -0.1) is 11.5 Å². The predicted octanol–water partition coefficient (Wildman–Crippen LogP) is 4.86. The summed E-state index contributed by atoms with van der Waals surface area (Å²) in [7, 11) is -2.51. The van der Waals surface area contributed by atoms with Crippen LogP contribution in [0.25, 0.3) is 0 Å². The first-order valence-electron chi connectivity index (χ1n) is 8.09. The smallest absolute Gasteiger partial charge is 0.248 e. The van der Waals surface area contributed by atoms with Crippen LogP contribution in [0.5, 0.6) is 0 Å². The molecule has 0 unspecified atom stereocenters. The van der Waals surface area contributed by atoms with Crippen LogP contribution in [0.15, 0.2) is 0 Å². The summed E-state index contributed by atoms with van der Waals surface area (Å²) < 4.78 is 39.0. The molecule has 0 aromatic heterocycles. The average Bonchev–Trinajstić information content (AvgIpc) is 2.32. The molecular weight excluding hydrogens is 318 g/mol. The summed E-state index contributed by atoms with van der Waals surface area (Å²) in [6, 6.07) is 0. The maximum atomic E-state index is 13.4. The van der Waals surface area contributed by atoms with Gasteiger partial charge >= 0.3 is 0 Å². The van der Waals surface area contributed by atoms with E-state index in [-0.39, 0.29) is 29.4 Å². The van der Waals surface area contributed by atoms with Crippen molar-refractivity contribution in [1.29, 1.82) is 0 Å². The van der Waals surface area contributed by atoms with E-state index >= 15 is 0 Å². The Morgan fingerprint density at radius 3 is 2.14 bits per heavy atom. The van der Waals surface area contributed by atoms with Gasteiger partial charge in [-0.2, -0.15) is 0 Å². The summed E-state index contributed by atoms with van der Waals surface area (Å²) in [5, 5.41) is 0. The van der Waals surface area contributed by atoms with E-state index in [1.807, 2.05) is 20.8 Å². The van der Waals surface area contributed by atoms with Crippen LogP contribution >= 0.6 is 0 Å². The standard InChI is InChI=1S/C17H30F2OSSi/c1-16(2,3)21(20)13-15(9-12-22(4,5)6)14-7-10-17(18,19)11-8-14/h14-15H,7-8,10-11,13H2,1-6H3/t15-,21+/m0/s1. The molecule has 1 rings (SSSR count). The number of halogens is 2. The Balaban J connectivity index is 2.87. The minimum absolute atomic E-state index is 0.0112. The van der Waals surface area contributed by atoms with Crippen molar-refractivity contribution in [3.05, 3.63) is 0 Å². The quantitative estimate of drug-likeness (QED) is 0.526. The second-order valence-electron chi connectivity index (χ2n) is 8.44. The maximum absolute atomic E-state index is 13.4. The van der Waals surface area contributed by atoms with Crippen LogP contribution in [0.4, 0.5) is 8.78 Å². The molecule has 0 aromatic carbocycles. The van der Waals surface area contributed by atoms with E-state index < -0.39 is 24.8 Å². The second-order valence-corrected chi connectivity index (χ2v) is 15.4. The lowest BCUT2D eigenvalue weighted by Gasteiger charge is -2.32. The molecule has 1 saturated carbocycles. The topological polar surface area (TPSA) is 17.1 Å². The summed E-state index contributed by atoms with van der Waals surface area (Å²) in [5.74, 6) is 1.48. The Kier molecular flexibility index (Phi) is 6.43. The van der Waals surface area contributed by atoms with E-state index in [0.717, 1.165) is 0 Å². The summed E-state index contributed by atoms with van der Waals surface area (Å²) >= 11 is 0. The maximum Gasteiger partial charge on any atom is 0.248 e. The monoisotopic (exact) mass is 348 g/mol. The van der Waals surface area contributed by atoms with Crippen molar-refractivity contribution in [3.63, 3.8) is 0 Å². The van der Waals surface area contributed by atoms with Crippen molar-refractivity contribution in [1.82, 2.24) is 0 Å². The molecule has 0 aliphatic heterocycles. The molecule has 2 atom stereocenters. The molecule has 0 radical (unpaired) electrons. The molecule has 1 fully saturated rings. The highest BCUT2D eigenvalue weighted by Gasteiger charge is 2.38. The normalized spacial score (nSPS) is 22.5. The van der Waals surface area contributed by atoms with Gasteiger partial charge in [0, 0.05) is 40.1 Å². The predicted molar refractivity (Wildman–Crippen MR) is 94.3 cm³/mol. The van der Waals surface area contributed by atoms with Gasteiger partial charge in [0.25, 0.3) is 0 Å². The molecule has 5 heteroatoms. The largest absolute Gasteiger partial charge is 0.259 e. The number of hydrogen-bond donors (Lipinski definition) is 0. The van der Waals surface area contributed by atoms with Crippen LogP contribution in [0.1, 0.15) is 46.5 Å². The minimum atomic E-state index is -2.52. The molecule has 0 aromatic rings. The third-order valence-corrected chi connectivity index (χ3v) is 6.90. The molecule has 0 saturated heterocycles. The molecule has 22 heavy (non-hydrogen) atoms. The molecule has 0 bridgehead atoms. The fourth-order valence-electron chi connectivity index (χ4n) is 2.48. The Labute approximate surface area is 138 Å². The third kappa shape index (κ3) is 6.91. The number of rotatable bonds is 3. The van der Waals surface area contributed by atoms with E-state index in [2.05, 4.69) is 31.1 Å². The van der Waals surface area contributed by atoms with Crippen molar-refractivity contribution < 1.29 is 13.0 Å². The molecule has 0 heterocycles. The highest BCUT2D eigenvalue weighted by molar-refractivity contribution is 7.86. The summed E-state index contributed by atoms with van der Waals surface area (Å²) in [5.41, 5.74) is 3.36. The lowest BCUT2D eigenvalue weighted by atomic mass is 9.79. The number of hydrogen-bond acceptors (Lipinski definition) is 1. The van der Waals surface area contributed by atoms with Gasteiger partial charge in [-0.3, -0.25) is 4.21 Å². The first-order valence-corrected chi connectivity index (χ1v) is 12.9. The highest BCUT2D eigenvalue weighted by atomic mass is 32.2. The molecule has 0 amide bonds. The van der Waals surface area contributed by atoms with Gasteiger partial charge in [0.15, 0.2) is 0 Å². The summed E-state index contributed by atoms with van der Waals surface area (Å²) in [4.78, 5) is 0. The van der Waals surface area contributed by atoms with Crippen molar-refractivity contribution >= 4 is 18.9 Å². The molecule has 0 N–H and O–H groups in total. The zero-order valence-corrected chi connectivity index (χ0v) is 16.6. The zero-order chi connectivity index (χ0) is 17.2. The van der Waals surface area contributed by atoms with Crippen molar-refractivity contribution in [2.24, 2.45) is 11.8 Å². The van der Waals surface area contributed by atoms with Gasteiger partial charge in [-0.1, -0.05) is 19.6 Å². The van der Waals surface area contributed by atoms with Crippen LogP contribution < -0.4 is 0 Å². The van der Waals surface area contributed by atoms with E-state index in [9.17, 15) is 13.0 Å². The third-order valence-electron chi connectivity index (χ3n) is 3.98. The van der Waals surface area contributed by atoms with Gasteiger partial charge in [0.1, 0.15) is 8.07 Å². The van der Waals surface area contributed by atoms with Crippen LogP contribution in [0.3, 0.4) is 0 Å². The molecule has 1 nitrogen and oxygen atoms in total. The molecule has 0 spiro atoms. The first-order chi connectivity index (χ1) is 9.80. The van der Waals surface area contributed by atoms with E-state index in [1.54, 1.807) is 0 Å². The SMILES string of the molecule is CC(C)(C)[S@](=O)C[C@H](C#C[Si](C)(C)C)C1CCC(F)(F)CC1. The lowest BCUT2D eigenvalue weighted by Crippen LogP contribution is -2.34. The van der Waals surface area contributed by atoms with Crippen molar-refractivity contribution in [2.45, 2.75) is 76.8 Å². The Hall–Kier alpha value is -0.213. The van der Waals surface area contributed by atoms with E-state index in [4.69, 9.17) is 0 Å². The molecular formula is C17H30F2OSSi. The summed E-state index contributed by atoms with van der Waals surface area (Å²) in [6.07, 6.45) is 0.897. The Bertz CT molecular complexity index is 456. The molecule has 1 aliphatic carbocycles. The fraction of sp³-hybridized carbons (Fsp3) is 0.882. The van der Waals surface area contributed by atoms with Gasteiger partial charge < -0.3 is 0 Å². The van der Waals surface area contributed by atoms with Gasteiger partial charge in [0.2, 0.25) is 5.92 Å². The minimum Gasteiger partial charge on any atom is -0.259 e. The first kappa shape index (κ1) is 19.8. The van der Waals surface area contributed by atoms with Gasteiger partial charge in [-0.05, 0) is 39.5 Å². The van der Waals surface area contributed by atoms with Gasteiger partial charge in [-0.25, -0.2) is 8.78 Å². The lowest BCUT2D eigenvalue weighted by molar-refractivity contribution is -0.0487. The Morgan fingerprint density at radius 1 is 1.23 bits per heavy atom. The van der Waals surface area contributed by atoms with Crippen LogP contribution in [-0.2, 0) is 10.8 Å². The van der Waals surface area contributed by atoms with Crippen molar-refractivity contribution in [2.75, 3.05) is 5.75 Å². The number of alkyl halides is 2. The second kappa shape index (κ2) is 7.13. The van der Waals surface area contributed by atoms with E-state index in [0.29, 0.717) is 18.6 Å². The highest BCUT2D eigenvalue weighted by Crippen LogP contribution is 2.39. The van der Waals surface area contributed by atoms with Crippen LogP contribution in [0.2, 0.25) is 19.6 Å². The van der Waals surface area contributed by atoms with Crippen LogP contribution in [0, 0.1) is 23.3 Å². The molecule has 128 valence electrons. The van der Waals surface area contributed by atoms with Crippen LogP contribution in [-0.4, -0.2) is 28.7 Å². The van der Waals surface area contributed by atoms with Crippen molar-refractivity contribution in [3.8, 4) is 11.5 Å². The molecule has 1 aliphatic rings. The van der Waals surface area contributed by atoms with Gasteiger partial charge in [0.05, 0.1) is 0 Å².